The second-order valence-corrected chi connectivity index (χ2v) is 7.11. The number of benzene rings is 2. The molecule has 0 aliphatic carbocycles. The van der Waals surface area contributed by atoms with Gasteiger partial charge in [-0.1, -0.05) is 36.8 Å². The van der Waals surface area contributed by atoms with E-state index in [2.05, 4.69) is 41.3 Å². The third-order valence-electron chi connectivity index (χ3n) is 5.58. The van der Waals surface area contributed by atoms with Gasteiger partial charge in [0.1, 0.15) is 5.75 Å². The first-order valence-corrected chi connectivity index (χ1v) is 9.28. The lowest BCUT2D eigenvalue weighted by Gasteiger charge is -2.40. The first kappa shape index (κ1) is 15.1. The van der Waals surface area contributed by atoms with Gasteiger partial charge in [-0.2, -0.15) is 0 Å². The molecule has 0 saturated carbocycles. The van der Waals surface area contributed by atoms with E-state index in [-0.39, 0.29) is 6.23 Å². The molecule has 4 nitrogen and oxygen atoms in total. The normalized spacial score (nSPS) is 25.3. The molecule has 1 saturated heterocycles. The molecular formula is C21H23NO3. The minimum absolute atomic E-state index is 0.137. The first-order valence-electron chi connectivity index (χ1n) is 9.28. The summed E-state index contributed by atoms with van der Waals surface area (Å²) < 4.78 is 17.6. The highest BCUT2D eigenvalue weighted by Gasteiger charge is 2.35. The summed E-state index contributed by atoms with van der Waals surface area (Å²) in [6, 6.07) is 14.9. The average Bonchev–Trinajstić information content (AvgIpc) is 3.14. The quantitative estimate of drug-likeness (QED) is 0.824. The maximum absolute atomic E-state index is 6.44. The fraction of sp³-hybridized carbons (Fsp3) is 0.429. The van der Waals surface area contributed by atoms with E-state index in [9.17, 15) is 0 Å². The van der Waals surface area contributed by atoms with Gasteiger partial charge in [-0.25, -0.2) is 0 Å². The Morgan fingerprint density at radius 2 is 1.60 bits per heavy atom. The number of hydrogen-bond donors (Lipinski definition) is 0. The molecular weight excluding hydrogens is 314 g/mol. The lowest BCUT2D eigenvalue weighted by Crippen LogP contribution is -2.45. The van der Waals surface area contributed by atoms with Crippen LogP contribution in [0.2, 0.25) is 0 Å². The molecule has 3 heterocycles. The summed E-state index contributed by atoms with van der Waals surface area (Å²) >= 11 is 0. The van der Waals surface area contributed by atoms with Gasteiger partial charge in [0, 0.05) is 37.1 Å². The number of nitrogens with zero attached hydrogens (tertiary/aromatic N) is 1. The van der Waals surface area contributed by atoms with E-state index in [4.69, 9.17) is 14.2 Å². The number of rotatable bonds is 2. The van der Waals surface area contributed by atoms with Crippen LogP contribution in [0.15, 0.2) is 42.5 Å². The van der Waals surface area contributed by atoms with E-state index >= 15 is 0 Å². The van der Waals surface area contributed by atoms with Crippen LogP contribution < -0.4 is 14.2 Å². The van der Waals surface area contributed by atoms with Crippen molar-refractivity contribution in [3.63, 3.8) is 0 Å². The van der Waals surface area contributed by atoms with Gasteiger partial charge in [-0.15, -0.1) is 0 Å². The molecule has 2 aromatic carbocycles. The molecule has 0 unspecified atom stereocenters. The van der Waals surface area contributed by atoms with Gasteiger partial charge in [-0.05, 0) is 24.5 Å². The predicted molar refractivity (Wildman–Crippen MR) is 95.3 cm³/mol. The van der Waals surface area contributed by atoms with Crippen molar-refractivity contribution < 1.29 is 14.2 Å². The smallest absolute Gasteiger partial charge is 0.231 e. The molecule has 4 heteroatoms. The summed E-state index contributed by atoms with van der Waals surface area (Å²) in [5.74, 6) is 2.90. The molecule has 2 atom stereocenters. The lowest BCUT2D eigenvalue weighted by molar-refractivity contribution is -0.00600. The van der Waals surface area contributed by atoms with Gasteiger partial charge in [-0.3, -0.25) is 4.90 Å². The number of fused-ring (bicyclic) bond motifs is 2. The van der Waals surface area contributed by atoms with Crippen molar-refractivity contribution in [2.24, 2.45) is 0 Å². The minimum atomic E-state index is 0.137. The van der Waals surface area contributed by atoms with E-state index in [1.54, 1.807) is 0 Å². The van der Waals surface area contributed by atoms with Gasteiger partial charge in [0.25, 0.3) is 0 Å². The summed E-state index contributed by atoms with van der Waals surface area (Å²) in [7, 11) is 0. The summed E-state index contributed by atoms with van der Waals surface area (Å²) in [6.07, 6.45) is 4.99. The third kappa shape index (κ3) is 2.74. The van der Waals surface area contributed by atoms with Crippen LogP contribution in [-0.4, -0.2) is 31.0 Å². The zero-order valence-corrected chi connectivity index (χ0v) is 14.3. The van der Waals surface area contributed by atoms with Gasteiger partial charge in [0.05, 0.1) is 0 Å². The Morgan fingerprint density at radius 3 is 2.40 bits per heavy atom. The molecule has 3 aliphatic heterocycles. The molecule has 0 amide bonds. The van der Waals surface area contributed by atoms with Crippen LogP contribution in [0.1, 0.15) is 42.7 Å². The molecule has 3 aliphatic rings. The van der Waals surface area contributed by atoms with Crippen LogP contribution in [0.25, 0.3) is 0 Å². The van der Waals surface area contributed by atoms with Crippen molar-refractivity contribution >= 4 is 0 Å². The lowest BCUT2D eigenvalue weighted by atomic mass is 9.85. The summed E-state index contributed by atoms with van der Waals surface area (Å²) in [6.45, 7) is 2.56. The molecule has 130 valence electrons. The SMILES string of the molecule is c1ccc([C@@H]2C[C@@H](N3CCCCC3)Oc3cc4c(cc32)OCO4)cc1. The zero-order valence-electron chi connectivity index (χ0n) is 14.3. The highest BCUT2D eigenvalue weighted by Crippen LogP contribution is 2.47. The fourth-order valence-electron chi connectivity index (χ4n) is 4.27. The van der Waals surface area contributed by atoms with Gasteiger partial charge in [0.15, 0.2) is 17.7 Å². The highest BCUT2D eigenvalue weighted by atomic mass is 16.7. The highest BCUT2D eigenvalue weighted by molar-refractivity contribution is 5.55. The van der Waals surface area contributed by atoms with Crippen molar-refractivity contribution in [1.29, 1.82) is 0 Å². The van der Waals surface area contributed by atoms with E-state index in [0.29, 0.717) is 12.7 Å². The van der Waals surface area contributed by atoms with E-state index in [1.165, 1.54) is 30.4 Å². The predicted octanol–water partition coefficient (Wildman–Crippen LogP) is 4.14. The number of ether oxygens (including phenoxy) is 3. The summed E-state index contributed by atoms with van der Waals surface area (Å²) in [5.41, 5.74) is 2.55. The van der Waals surface area contributed by atoms with E-state index in [0.717, 1.165) is 36.8 Å². The van der Waals surface area contributed by atoms with E-state index in [1.807, 2.05) is 6.07 Å². The Bertz CT molecular complexity index is 755. The summed E-state index contributed by atoms with van der Waals surface area (Å²) in [4.78, 5) is 2.51. The standard InChI is InChI=1S/C21H23NO3/c1-3-7-15(8-4-1)16-12-21(22-9-5-2-6-10-22)25-18-13-20-19(11-17(16)18)23-14-24-20/h1,3-4,7-8,11,13,16,21H,2,5-6,9-10,12,14H2/t16-,21-/m0/s1. The Morgan fingerprint density at radius 1 is 0.840 bits per heavy atom. The van der Waals surface area contributed by atoms with Gasteiger partial charge >= 0.3 is 0 Å². The topological polar surface area (TPSA) is 30.9 Å². The maximum atomic E-state index is 6.44. The zero-order chi connectivity index (χ0) is 16.6. The summed E-state index contributed by atoms with van der Waals surface area (Å²) in [5, 5.41) is 0. The van der Waals surface area contributed by atoms with Crippen molar-refractivity contribution in [2.45, 2.75) is 37.8 Å². The van der Waals surface area contributed by atoms with E-state index < -0.39 is 0 Å². The molecule has 0 bridgehead atoms. The van der Waals surface area contributed by atoms with Crippen LogP contribution in [0.3, 0.4) is 0 Å². The van der Waals surface area contributed by atoms with Gasteiger partial charge < -0.3 is 14.2 Å². The number of hydrogen-bond acceptors (Lipinski definition) is 4. The van der Waals surface area contributed by atoms with Crippen molar-refractivity contribution in [3.8, 4) is 17.2 Å². The molecule has 0 N–H and O–H groups in total. The second-order valence-electron chi connectivity index (χ2n) is 7.11. The largest absolute Gasteiger partial charge is 0.475 e. The van der Waals surface area contributed by atoms with Crippen molar-refractivity contribution in [1.82, 2.24) is 4.90 Å². The van der Waals surface area contributed by atoms with Crippen LogP contribution in [0, 0.1) is 0 Å². The van der Waals surface area contributed by atoms with Crippen LogP contribution >= 0.6 is 0 Å². The van der Waals surface area contributed by atoms with Crippen molar-refractivity contribution in [2.75, 3.05) is 19.9 Å². The Labute approximate surface area is 148 Å². The Kier molecular flexibility index (Phi) is 3.78. The van der Waals surface area contributed by atoms with Crippen molar-refractivity contribution in [3.05, 3.63) is 53.6 Å². The average molecular weight is 337 g/mol. The monoisotopic (exact) mass is 337 g/mol. The van der Waals surface area contributed by atoms with Crippen LogP contribution in [0.5, 0.6) is 17.2 Å². The molecule has 0 spiro atoms. The first-order chi connectivity index (χ1) is 12.4. The second kappa shape index (κ2) is 6.26. The molecule has 5 rings (SSSR count). The number of piperidine rings is 1. The number of likely N-dealkylation sites (tertiary alicyclic amines) is 1. The minimum Gasteiger partial charge on any atom is -0.475 e. The molecule has 1 fully saturated rings. The molecule has 2 aromatic rings. The molecule has 25 heavy (non-hydrogen) atoms. The fourth-order valence-corrected chi connectivity index (χ4v) is 4.27. The van der Waals surface area contributed by atoms with Crippen LogP contribution in [-0.2, 0) is 0 Å². The third-order valence-corrected chi connectivity index (χ3v) is 5.58. The maximum Gasteiger partial charge on any atom is 0.231 e. The Hall–Kier alpha value is -2.20. The molecule has 0 radical (unpaired) electrons. The van der Waals surface area contributed by atoms with Gasteiger partial charge in [0.2, 0.25) is 6.79 Å². The van der Waals surface area contributed by atoms with Crippen LogP contribution in [0.4, 0.5) is 0 Å². The Balaban J connectivity index is 1.55. The molecule has 0 aromatic heterocycles.